The van der Waals surface area contributed by atoms with Crippen molar-refractivity contribution < 1.29 is 27.3 Å². The zero-order valence-electron chi connectivity index (χ0n) is 11.9. The summed E-state index contributed by atoms with van der Waals surface area (Å²) in [4.78, 5) is 22.4. The molecule has 0 heterocycles. The molecule has 0 bridgehead atoms. The van der Waals surface area contributed by atoms with Gasteiger partial charge in [-0.25, -0.2) is 0 Å². The average Bonchev–Trinajstić information content (AvgIpc) is 2.53. The Kier molecular flexibility index (Phi) is 5.93. The minimum atomic E-state index is -3.17. The summed E-state index contributed by atoms with van der Waals surface area (Å²) in [5.41, 5.74) is 0. The molecule has 6 nitrogen and oxygen atoms in total. The highest BCUT2D eigenvalue weighted by molar-refractivity contribution is 7.22. The van der Waals surface area contributed by atoms with Crippen LogP contribution in [0.2, 0.25) is 0 Å². The minimum Gasteiger partial charge on any atom is -0.405 e. The lowest BCUT2D eigenvalue weighted by Gasteiger charge is -2.25. The molecule has 0 atom stereocenters. The highest BCUT2D eigenvalue weighted by Gasteiger charge is 2.42. The van der Waals surface area contributed by atoms with Crippen molar-refractivity contribution in [3.05, 3.63) is 24.3 Å². The zero-order chi connectivity index (χ0) is 15.2. The summed E-state index contributed by atoms with van der Waals surface area (Å²) in [6.45, 7) is 0. The van der Waals surface area contributed by atoms with Crippen molar-refractivity contribution in [3.8, 4) is 0 Å². The van der Waals surface area contributed by atoms with Gasteiger partial charge in [-0.05, 0) is 5.19 Å². The first-order valence-electron chi connectivity index (χ1n) is 5.82. The second-order valence-electron chi connectivity index (χ2n) is 3.98. The summed E-state index contributed by atoms with van der Waals surface area (Å²) in [6, 6.07) is 6.80. The quantitative estimate of drug-likeness (QED) is 0.458. The van der Waals surface area contributed by atoms with Crippen LogP contribution in [0.15, 0.2) is 24.3 Å². The first-order chi connectivity index (χ1) is 9.57. The van der Waals surface area contributed by atoms with Crippen molar-refractivity contribution in [1.29, 1.82) is 0 Å². The van der Waals surface area contributed by atoms with Gasteiger partial charge in [0.2, 0.25) is 0 Å². The smallest absolute Gasteiger partial charge is 0.405 e. The summed E-state index contributed by atoms with van der Waals surface area (Å²) in [6.07, 6.45) is 0. The van der Waals surface area contributed by atoms with Crippen LogP contribution in [-0.2, 0) is 27.3 Å². The van der Waals surface area contributed by atoms with Gasteiger partial charge in [0.1, 0.15) is 11.8 Å². The third-order valence-electron chi connectivity index (χ3n) is 3.18. The number of carbonyl (C=O) groups is 2. The molecule has 0 aliphatic heterocycles. The largest absolute Gasteiger partial charge is 0.536 e. The van der Waals surface area contributed by atoms with Gasteiger partial charge in [-0.15, -0.1) is 0 Å². The van der Waals surface area contributed by atoms with Crippen molar-refractivity contribution in [2.75, 3.05) is 28.4 Å². The number of hydrogen-bond acceptors (Lipinski definition) is 6. The lowest BCUT2D eigenvalue weighted by atomic mass is 10.4. The molecule has 8 heteroatoms. The van der Waals surface area contributed by atoms with Crippen molar-refractivity contribution in [3.63, 3.8) is 0 Å². The van der Waals surface area contributed by atoms with E-state index in [0.29, 0.717) is 17.0 Å². The van der Waals surface area contributed by atoms with Crippen LogP contribution >= 0.6 is 0 Å². The normalized spacial score (nSPS) is 12.2. The standard InChI is InChI=1S/C12H18O6Si2/c1-15-19(9-13,10-14)11-5-7-12(8-6-11)20(16-2,17-3)18-4/h5-10H,1-4H3. The Balaban J connectivity index is 3.23. The van der Waals surface area contributed by atoms with Gasteiger partial charge >= 0.3 is 17.1 Å². The maximum Gasteiger partial charge on any atom is 0.536 e. The SMILES string of the molecule is CO[Si](C=O)(C=O)c1ccc([Si](OC)(OC)OC)cc1. The van der Waals surface area contributed by atoms with E-state index in [1.54, 1.807) is 24.3 Å². The van der Waals surface area contributed by atoms with Gasteiger partial charge in [0.05, 0.1) is 0 Å². The number of hydrogen-bond donors (Lipinski definition) is 0. The maximum atomic E-state index is 11.2. The Hall–Kier alpha value is -1.17. The van der Waals surface area contributed by atoms with Gasteiger partial charge in [0.15, 0.2) is 0 Å². The molecule has 0 unspecified atom stereocenters. The van der Waals surface area contributed by atoms with E-state index >= 15 is 0 Å². The Morgan fingerprint density at radius 2 is 1.15 bits per heavy atom. The van der Waals surface area contributed by atoms with Gasteiger partial charge in [0, 0.05) is 33.6 Å². The minimum absolute atomic E-state index is 0.569. The van der Waals surface area contributed by atoms with E-state index in [2.05, 4.69) is 0 Å². The van der Waals surface area contributed by atoms with E-state index in [9.17, 15) is 9.59 Å². The van der Waals surface area contributed by atoms with Crippen molar-refractivity contribution >= 4 is 39.3 Å². The van der Waals surface area contributed by atoms with E-state index in [-0.39, 0.29) is 0 Å². The van der Waals surface area contributed by atoms with Gasteiger partial charge in [0.25, 0.3) is 0 Å². The zero-order valence-corrected chi connectivity index (χ0v) is 13.9. The van der Waals surface area contributed by atoms with Crippen molar-refractivity contribution in [2.45, 2.75) is 0 Å². The molecule has 20 heavy (non-hydrogen) atoms. The first-order valence-corrected chi connectivity index (χ1v) is 9.61. The molecule has 1 aromatic carbocycles. The van der Waals surface area contributed by atoms with Gasteiger partial charge in [-0.3, -0.25) is 0 Å². The summed E-state index contributed by atoms with van der Waals surface area (Å²) >= 11 is 0. The molecule has 0 saturated heterocycles. The molecular formula is C12H18O6Si2. The number of benzene rings is 1. The van der Waals surface area contributed by atoms with Crippen molar-refractivity contribution in [2.24, 2.45) is 0 Å². The van der Waals surface area contributed by atoms with Crippen LogP contribution in [0.1, 0.15) is 0 Å². The lowest BCUT2D eigenvalue weighted by molar-refractivity contribution is 0.140. The molecule has 1 rings (SSSR count). The fourth-order valence-electron chi connectivity index (χ4n) is 1.92. The molecule has 0 N–H and O–H groups in total. The maximum absolute atomic E-state index is 11.2. The van der Waals surface area contributed by atoms with E-state index in [1.807, 2.05) is 0 Å². The van der Waals surface area contributed by atoms with Crippen LogP contribution in [0.3, 0.4) is 0 Å². The van der Waals surface area contributed by atoms with Gasteiger partial charge < -0.3 is 27.3 Å². The predicted octanol–water partition coefficient (Wildman–Crippen LogP) is -0.886. The molecule has 0 saturated carbocycles. The fraction of sp³-hybridized carbons (Fsp3) is 0.333. The van der Waals surface area contributed by atoms with Crippen LogP contribution < -0.4 is 10.4 Å². The Labute approximate surface area is 120 Å². The highest BCUT2D eigenvalue weighted by atomic mass is 28.4. The molecule has 1 aromatic rings. The molecule has 0 aliphatic rings. The molecule has 0 aromatic heterocycles. The molecule has 0 spiro atoms. The third kappa shape index (κ3) is 2.80. The summed E-state index contributed by atoms with van der Waals surface area (Å²) < 4.78 is 21.2. The molecule has 0 fully saturated rings. The lowest BCUT2D eigenvalue weighted by Crippen LogP contribution is -2.57. The molecule has 110 valence electrons. The van der Waals surface area contributed by atoms with Crippen LogP contribution in [0.25, 0.3) is 0 Å². The summed E-state index contributed by atoms with van der Waals surface area (Å²) in [7, 11) is -0.184. The average molecular weight is 314 g/mol. The van der Waals surface area contributed by atoms with Gasteiger partial charge in [-0.1, -0.05) is 24.3 Å². The predicted molar refractivity (Wildman–Crippen MR) is 78.8 cm³/mol. The second-order valence-corrected chi connectivity index (χ2v) is 9.94. The topological polar surface area (TPSA) is 71.1 Å². The number of carbonyl (C=O) groups excluding carboxylic acids is 2. The summed E-state index contributed by atoms with van der Waals surface area (Å²) in [5, 5.41) is 1.31. The fourth-order valence-corrected chi connectivity index (χ4v) is 5.14. The molecule has 0 amide bonds. The van der Waals surface area contributed by atoms with E-state index in [4.69, 9.17) is 17.7 Å². The highest BCUT2D eigenvalue weighted by Crippen LogP contribution is 2.07. The van der Waals surface area contributed by atoms with E-state index in [0.717, 1.165) is 5.19 Å². The molecule has 0 radical (unpaired) electrons. The van der Waals surface area contributed by atoms with Crippen LogP contribution in [-0.4, -0.2) is 57.4 Å². The Bertz CT molecular complexity index is 441. The molecular weight excluding hydrogens is 296 g/mol. The van der Waals surface area contributed by atoms with Crippen LogP contribution in [0.4, 0.5) is 0 Å². The second kappa shape index (κ2) is 7.02. The van der Waals surface area contributed by atoms with E-state index < -0.39 is 17.1 Å². The Morgan fingerprint density at radius 3 is 1.45 bits per heavy atom. The van der Waals surface area contributed by atoms with Crippen LogP contribution in [0.5, 0.6) is 0 Å². The number of rotatable bonds is 8. The monoisotopic (exact) mass is 314 g/mol. The van der Waals surface area contributed by atoms with Gasteiger partial charge in [-0.2, -0.15) is 0 Å². The molecule has 0 aliphatic carbocycles. The third-order valence-corrected chi connectivity index (χ3v) is 8.45. The van der Waals surface area contributed by atoms with Crippen molar-refractivity contribution in [1.82, 2.24) is 0 Å². The van der Waals surface area contributed by atoms with E-state index in [1.165, 1.54) is 28.4 Å². The first kappa shape index (κ1) is 16.9. The Morgan fingerprint density at radius 1 is 0.750 bits per heavy atom. The van der Waals surface area contributed by atoms with Crippen LogP contribution in [0, 0.1) is 0 Å². The summed E-state index contributed by atoms with van der Waals surface area (Å²) in [5.74, 6) is 1.20.